The van der Waals surface area contributed by atoms with E-state index >= 15 is 0 Å². The van der Waals surface area contributed by atoms with Crippen molar-refractivity contribution in [1.82, 2.24) is 15.3 Å². The molecule has 3 aromatic rings. The molecule has 1 amide bonds. The zero-order valence-electron chi connectivity index (χ0n) is 14.4. The molecule has 1 N–H and O–H groups in total. The topological polar surface area (TPSA) is 73.3 Å². The van der Waals surface area contributed by atoms with Crippen LogP contribution in [-0.2, 0) is 0 Å². The molecule has 6 nitrogen and oxygen atoms in total. The Balaban J connectivity index is 1.57. The standard InChI is InChI=1S/C20H19N3O3/c1-25-19-8-7-15(14-23-19)16-11-17(13-21-12-16)20(24)22-9-10-26-18-5-3-2-4-6-18/h2-8,11-14H,9-10H2,1H3,(H,22,24). The normalized spacial score (nSPS) is 10.2. The molecule has 26 heavy (non-hydrogen) atoms. The number of pyridine rings is 2. The monoisotopic (exact) mass is 349 g/mol. The van der Waals surface area contributed by atoms with Crippen LogP contribution in [0.4, 0.5) is 0 Å². The number of para-hydroxylation sites is 1. The summed E-state index contributed by atoms with van der Waals surface area (Å²) in [7, 11) is 1.57. The predicted molar refractivity (Wildman–Crippen MR) is 98.3 cm³/mol. The van der Waals surface area contributed by atoms with Gasteiger partial charge in [-0.25, -0.2) is 4.98 Å². The summed E-state index contributed by atoms with van der Waals surface area (Å²) < 4.78 is 10.6. The van der Waals surface area contributed by atoms with Crippen LogP contribution in [0.2, 0.25) is 0 Å². The van der Waals surface area contributed by atoms with Gasteiger partial charge in [0, 0.05) is 35.8 Å². The van der Waals surface area contributed by atoms with E-state index in [2.05, 4.69) is 15.3 Å². The van der Waals surface area contributed by atoms with Crippen LogP contribution >= 0.6 is 0 Å². The molecule has 0 unspecified atom stereocenters. The largest absolute Gasteiger partial charge is 0.492 e. The number of benzene rings is 1. The number of methoxy groups -OCH3 is 1. The molecule has 0 aliphatic rings. The molecule has 0 saturated heterocycles. The highest BCUT2D eigenvalue weighted by atomic mass is 16.5. The molecule has 3 rings (SSSR count). The SMILES string of the molecule is COc1ccc(-c2cncc(C(=O)NCCOc3ccccc3)c2)cn1. The Morgan fingerprint density at radius 3 is 2.62 bits per heavy atom. The van der Waals surface area contributed by atoms with Crippen molar-refractivity contribution in [2.24, 2.45) is 0 Å². The second kappa shape index (κ2) is 8.62. The maximum absolute atomic E-state index is 12.3. The van der Waals surface area contributed by atoms with E-state index in [9.17, 15) is 4.79 Å². The van der Waals surface area contributed by atoms with Gasteiger partial charge < -0.3 is 14.8 Å². The van der Waals surface area contributed by atoms with Gasteiger partial charge in [0.1, 0.15) is 12.4 Å². The van der Waals surface area contributed by atoms with Crippen molar-refractivity contribution in [2.75, 3.05) is 20.3 Å². The summed E-state index contributed by atoms with van der Waals surface area (Å²) in [5.74, 6) is 1.11. The van der Waals surface area contributed by atoms with Crippen LogP contribution in [0.3, 0.4) is 0 Å². The summed E-state index contributed by atoms with van der Waals surface area (Å²) in [4.78, 5) is 20.6. The summed E-state index contributed by atoms with van der Waals surface area (Å²) in [5.41, 5.74) is 2.16. The van der Waals surface area contributed by atoms with Crippen molar-refractivity contribution >= 4 is 5.91 Å². The maximum Gasteiger partial charge on any atom is 0.252 e. The first-order valence-corrected chi connectivity index (χ1v) is 8.18. The van der Waals surface area contributed by atoms with Crippen molar-refractivity contribution in [3.63, 3.8) is 0 Å². The lowest BCUT2D eigenvalue weighted by Gasteiger charge is -2.08. The van der Waals surface area contributed by atoms with Gasteiger partial charge >= 0.3 is 0 Å². The molecule has 0 bridgehead atoms. The number of nitrogens with zero attached hydrogens (tertiary/aromatic N) is 2. The lowest BCUT2D eigenvalue weighted by atomic mass is 10.1. The number of nitrogens with one attached hydrogen (secondary N) is 1. The Labute approximate surface area is 151 Å². The van der Waals surface area contributed by atoms with Crippen molar-refractivity contribution in [3.8, 4) is 22.8 Å². The molecule has 0 aliphatic heterocycles. The molecule has 0 fully saturated rings. The molecular weight excluding hydrogens is 330 g/mol. The zero-order valence-corrected chi connectivity index (χ0v) is 14.4. The third kappa shape index (κ3) is 4.57. The van der Waals surface area contributed by atoms with Crippen LogP contribution < -0.4 is 14.8 Å². The quantitative estimate of drug-likeness (QED) is 0.664. The van der Waals surface area contributed by atoms with Gasteiger partial charge in [0.25, 0.3) is 5.91 Å². The van der Waals surface area contributed by atoms with E-state index in [1.807, 2.05) is 36.4 Å². The zero-order chi connectivity index (χ0) is 18.2. The average molecular weight is 349 g/mol. The number of hydrogen-bond acceptors (Lipinski definition) is 5. The summed E-state index contributed by atoms with van der Waals surface area (Å²) >= 11 is 0. The highest BCUT2D eigenvalue weighted by Gasteiger charge is 2.08. The fraction of sp³-hybridized carbons (Fsp3) is 0.150. The fourth-order valence-electron chi connectivity index (χ4n) is 2.35. The molecule has 0 atom stereocenters. The van der Waals surface area contributed by atoms with E-state index in [-0.39, 0.29) is 5.91 Å². The van der Waals surface area contributed by atoms with Crippen LogP contribution in [0.1, 0.15) is 10.4 Å². The minimum absolute atomic E-state index is 0.197. The van der Waals surface area contributed by atoms with Gasteiger partial charge in [0.2, 0.25) is 5.88 Å². The van der Waals surface area contributed by atoms with Gasteiger partial charge in [-0.15, -0.1) is 0 Å². The first kappa shape index (κ1) is 17.4. The predicted octanol–water partition coefficient (Wildman–Crippen LogP) is 2.96. The molecule has 0 spiro atoms. The van der Waals surface area contributed by atoms with E-state index in [1.165, 1.54) is 6.20 Å². The Bertz CT molecular complexity index is 852. The smallest absolute Gasteiger partial charge is 0.252 e. The summed E-state index contributed by atoms with van der Waals surface area (Å²) in [6.07, 6.45) is 4.91. The molecule has 1 aromatic carbocycles. The molecule has 0 radical (unpaired) electrons. The maximum atomic E-state index is 12.3. The number of carbonyl (C=O) groups is 1. The van der Waals surface area contributed by atoms with Crippen LogP contribution in [0, 0.1) is 0 Å². The lowest BCUT2D eigenvalue weighted by Crippen LogP contribution is -2.28. The average Bonchev–Trinajstić information content (AvgIpc) is 2.72. The second-order valence-electron chi connectivity index (χ2n) is 5.47. The van der Waals surface area contributed by atoms with Crippen LogP contribution in [0.25, 0.3) is 11.1 Å². The Hall–Kier alpha value is -3.41. The van der Waals surface area contributed by atoms with Crippen LogP contribution in [0.5, 0.6) is 11.6 Å². The second-order valence-corrected chi connectivity index (χ2v) is 5.47. The highest BCUT2D eigenvalue weighted by Crippen LogP contribution is 2.20. The third-order valence-corrected chi connectivity index (χ3v) is 3.68. The fourth-order valence-corrected chi connectivity index (χ4v) is 2.35. The van der Waals surface area contributed by atoms with Gasteiger partial charge in [-0.3, -0.25) is 9.78 Å². The minimum Gasteiger partial charge on any atom is -0.492 e. The summed E-state index contributed by atoms with van der Waals surface area (Å²) in [6, 6.07) is 14.9. The number of carbonyl (C=O) groups excluding carboxylic acids is 1. The van der Waals surface area contributed by atoms with Gasteiger partial charge in [-0.05, 0) is 24.3 Å². The molecule has 0 saturated carbocycles. The van der Waals surface area contributed by atoms with E-state index < -0.39 is 0 Å². The molecule has 0 aliphatic carbocycles. The van der Waals surface area contributed by atoms with E-state index in [4.69, 9.17) is 9.47 Å². The van der Waals surface area contributed by atoms with Gasteiger partial charge in [-0.1, -0.05) is 18.2 Å². The Kier molecular flexibility index (Phi) is 5.77. The number of ether oxygens (including phenoxy) is 2. The number of amides is 1. The van der Waals surface area contributed by atoms with Crippen molar-refractivity contribution < 1.29 is 14.3 Å². The van der Waals surface area contributed by atoms with Crippen LogP contribution in [-0.4, -0.2) is 36.1 Å². The van der Waals surface area contributed by atoms with Gasteiger partial charge in [0.05, 0.1) is 19.2 Å². The summed E-state index contributed by atoms with van der Waals surface area (Å²) in [5, 5.41) is 2.83. The van der Waals surface area contributed by atoms with Crippen molar-refractivity contribution in [2.45, 2.75) is 0 Å². The number of aromatic nitrogens is 2. The molecule has 132 valence electrons. The third-order valence-electron chi connectivity index (χ3n) is 3.68. The van der Waals surface area contributed by atoms with E-state index in [0.717, 1.165) is 16.9 Å². The molecule has 6 heteroatoms. The van der Waals surface area contributed by atoms with E-state index in [1.54, 1.807) is 31.6 Å². The summed E-state index contributed by atoms with van der Waals surface area (Å²) in [6.45, 7) is 0.799. The van der Waals surface area contributed by atoms with Crippen molar-refractivity contribution in [1.29, 1.82) is 0 Å². The molecule has 2 aromatic heterocycles. The first-order valence-electron chi connectivity index (χ1n) is 8.18. The Morgan fingerprint density at radius 1 is 1.04 bits per heavy atom. The Morgan fingerprint density at radius 2 is 1.88 bits per heavy atom. The van der Waals surface area contributed by atoms with Crippen LogP contribution in [0.15, 0.2) is 67.1 Å². The molecule has 2 heterocycles. The number of hydrogen-bond donors (Lipinski definition) is 1. The highest BCUT2D eigenvalue weighted by molar-refractivity contribution is 5.95. The molecular formula is C20H19N3O3. The number of rotatable bonds is 7. The van der Waals surface area contributed by atoms with Gasteiger partial charge in [0.15, 0.2) is 0 Å². The van der Waals surface area contributed by atoms with Gasteiger partial charge in [-0.2, -0.15) is 0 Å². The van der Waals surface area contributed by atoms with Crippen molar-refractivity contribution in [3.05, 3.63) is 72.7 Å². The minimum atomic E-state index is -0.197. The lowest BCUT2D eigenvalue weighted by molar-refractivity contribution is 0.0946. The van der Waals surface area contributed by atoms with E-state index in [0.29, 0.717) is 24.6 Å². The first-order chi connectivity index (χ1) is 12.8.